The molecule has 8 heteroatoms. The fraction of sp³-hybridized carbons (Fsp3) is 0.552. The van der Waals surface area contributed by atoms with Gasteiger partial charge in [-0.2, -0.15) is 0 Å². The predicted molar refractivity (Wildman–Crippen MR) is 144 cm³/mol. The summed E-state index contributed by atoms with van der Waals surface area (Å²) in [5.41, 5.74) is 1.13. The normalized spacial score (nSPS) is 21.9. The van der Waals surface area contributed by atoms with Gasteiger partial charge in [0.2, 0.25) is 5.91 Å². The second-order valence-electron chi connectivity index (χ2n) is 12.3. The molecule has 1 aliphatic heterocycles. The van der Waals surface area contributed by atoms with Crippen molar-refractivity contribution in [1.82, 2.24) is 9.47 Å². The second-order valence-corrected chi connectivity index (χ2v) is 12.3. The minimum atomic E-state index is -0.631. The maximum Gasteiger partial charge on any atom is 0.419 e. The molecular formula is C29H39N3O5. The van der Waals surface area contributed by atoms with E-state index in [1.807, 2.05) is 64.6 Å². The van der Waals surface area contributed by atoms with Gasteiger partial charge in [-0.1, -0.05) is 18.2 Å². The van der Waals surface area contributed by atoms with Crippen molar-refractivity contribution in [2.24, 2.45) is 17.8 Å². The van der Waals surface area contributed by atoms with E-state index in [4.69, 9.17) is 9.47 Å². The van der Waals surface area contributed by atoms with E-state index in [-0.39, 0.29) is 12.0 Å². The number of allylic oxidation sites excluding steroid dienone is 1. The number of likely N-dealkylation sites (tertiary alicyclic amines) is 1. The Hall–Kier alpha value is -3.29. The Morgan fingerprint density at radius 3 is 2.11 bits per heavy atom. The number of nitrogens with one attached hydrogen (secondary N) is 1. The third-order valence-corrected chi connectivity index (χ3v) is 6.73. The molecule has 1 saturated heterocycles. The summed E-state index contributed by atoms with van der Waals surface area (Å²) in [6, 6.07) is 5.83. The first-order valence-corrected chi connectivity index (χ1v) is 13.0. The van der Waals surface area contributed by atoms with E-state index >= 15 is 0 Å². The molecule has 2 amide bonds. The first kappa shape index (κ1) is 26.8. The number of benzene rings is 1. The highest BCUT2D eigenvalue weighted by Crippen LogP contribution is 2.42. The van der Waals surface area contributed by atoms with Crippen LogP contribution in [0.15, 0.2) is 30.5 Å². The summed E-state index contributed by atoms with van der Waals surface area (Å²) in [6.07, 6.45) is 7.37. The molecule has 3 atom stereocenters. The summed E-state index contributed by atoms with van der Waals surface area (Å²) in [5.74, 6) is 1.24. The van der Waals surface area contributed by atoms with E-state index in [0.29, 0.717) is 29.0 Å². The third kappa shape index (κ3) is 6.53. The molecule has 1 aromatic heterocycles. The molecule has 0 radical (unpaired) electrons. The van der Waals surface area contributed by atoms with Gasteiger partial charge in [0.15, 0.2) is 0 Å². The van der Waals surface area contributed by atoms with Gasteiger partial charge in [0.05, 0.1) is 11.2 Å². The van der Waals surface area contributed by atoms with Crippen molar-refractivity contribution >= 4 is 40.8 Å². The minimum absolute atomic E-state index is 0.206. The lowest BCUT2D eigenvalue weighted by Crippen LogP contribution is -2.36. The number of amides is 2. The van der Waals surface area contributed by atoms with E-state index in [9.17, 15) is 14.4 Å². The summed E-state index contributed by atoms with van der Waals surface area (Å²) in [4.78, 5) is 38.8. The van der Waals surface area contributed by atoms with E-state index < -0.39 is 17.3 Å². The molecule has 1 unspecified atom stereocenters. The molecule has 0 spiro atoms. The average molecular weight is 510 g/mol. The van der Waals surface area contributed by atoms with Gasteiger partial charge < -0.3 is 19.7 Å². The number of carbonyl (C=O) groups excluding carboxylic acids is 3. The first-order valence-electron chi connectivity index (χ1n) is 13.0. The highest BCUT2D eigenvalue weighted by Gasteiger charge is 2.42. The zero-order valence-electron chi connectivity index (χ0n) is 23.0. The van der Waals surface area contributed by atoms with Crippen LogP contribution in [0.25, 0.3) is 17.0 Å². The maximum absolute atomic E-state index is 12.8. The Labute approximate surface area is 219 Å². The number of aromatic nitrogens is 1. The molecular weight excluding hydrogens is 470 g/mol. The zero-order chi connectivity index (χ0) is 27.1. The highest BCUT2D eigenvalue weighted by molar-refractivity contribution is 6.04. The quantitative estimate of drug-likeness (QED) is 0.525. The Bertz CT molecular complexity index is 1220. The van der Waals surface area contributed by atoms with Gasteiger partial charge in [0.25, 0.3) is 0 Å². The molecule has 2 aromatic rings. The molecule has 1 aliphatic carbocycles. The molecule has 8 nitrogen and oxygen atoms in total. The number of carbonyl (C=O) groups is 3. The number of anilines is 1. The largest absolute Gasteiger partial charge is 0.444 e. The van der Waals surface area contributed by atoms with Crippen molar-refractivity contribution in [3.63, 3.8) is 0 Å². The Balaban J connectivity index is 1.46. The van der Waals surface area contributed by atoms with Gasteiger partial charge in [-0.05, 0) is 89.8 Å². The standard InChI is InChI=1S/C29H39N3O5/c1-18(33)30-24-17-32(27(35)37-29(5,6)7)25-11-10-19(14-23(24)25)8-9-20-12-21-15-31(16-22(21)13-20)26(34)36-28(2,3)4/h8-11,14,17,20-22H,12-13,15-16H2,1-7H3,(H,30,33)/b9-8+/t20?,21-,22+. The van der Waals surface area contributed by atoms with Crippen LogP contribution in [0.3, 0.4) is 0 Å². The van der Waals surface area contributed by atoms with Crippen molar-refractivity contribution in [3.05, 3.63) is 36.0 Å². The lowest BCUT2D eigenvalue weighted by Gasteiger charge is -2.25. The van der Waals surface area contributed by atoms with Gasteiger partial charge in [-0.3, -0.25) is 9.36 Å². The topological polar surface area (TPSA) is 89.9 Å². The van der Waals surface area contributed by atoms with Crippen molar-refractivity contribution in [2.45, 2.75) is 72.5 Å². The Morgan fingerprint density at radius 2 is 1.54 bits per heavy atom. The SMILES string of the molecule is CC(=O)Nc1cn(C(=O)OC(C)(C)C)c2ccc(/C=C/C3C[C@@H]4CN(C(=O)OC(C)(C)C)C[C@@H]4C3)cc12. The van der Waals surface area contributed by atoms with E-state index in [2.05, 4.69) is 17.5 Å². The molecule has 1 aromatic carbocycles. The lowest BCUT2D eigenvalue weighted by atomic mass is 10.0. The van der Waals surface area contributed by atoms with Crippen molar-refractivity contribution in [2.75, 3.05) is 18.4 Å². The highest BCUT2D eigenvalue weighted by atomic mass is 16.6. The van der Waals surface area contributed by atoms with Crippen LogP contribution >= 0.6 is 0 Å². The van der Waals surface area contributed by atoms with Crippen LogP contribution in [0.5, 0.6) is 0 Å². The molecule has 37 heavy (non-hydrogen) atoms. The molecule has 2 aliphatic rings. The van der Waals surface area contributed by atoms with Crippen LogP contribution in [0.2, 0.25) is 0 Å². The number of nitrogens with zero attached hydrogens (tertiary/aromatic N) is 2. The van der Waals surface area contributed by atoms with E-state index in [1.165, 1.54) is 11.5 Å². The lowest BCUT2D eigenvalue weighted by molar-refractivity contribution is -0.114. The number of fused-ring (bicyclic) bond motifs is 2. The first-order chi connectivity index (χ1) is 17.2. The number of ether oxygens (including phenoxy) is 2. The minimum Gasteiger partial charge on any atom is -0.444 e. The van der Waals surface area contributed by atoms with Gasteiger partial charge >= 0.3 is 12.2 Å². The van der Waals surface area contributed by atoms with Gasteiger partial charge in [0, 0.05) is 31.6 Å². The molecule has 2 heterocycles. The van der Waals surface area contributed by atoms with Crippen LogP contribution < -0.4 is 5.32 Å². The van der Waals surface area contributed by atoms with Crippen LogP contribution in [0.4, 0.5) is 15.3 Å². The van der Waals surface area contributed by atoms with Crippen LogP contribution in [-0.2, 0) is 14.3 Å². The number of rotatable bonds is 3. The number of hydrogen-bond donors (Lipinski definition) is 1. The summed E-state index contributed by atoms with van der Waals surface area (Å²) in [6.45, 7) is 14.1. The van der Waals surface area contributed by atoms with E-state index in [0.717, 1.165) is 36.9 Å². The second kappa shape index (κ2) is 9.88. The molecule has 1 N–H and O–H groups in total. The maximum atomic E-state index is 12.8. The van der Waals surface area contributed by atoms with Crippen molar-refractivity contribution in [1.29, 1.82) is 0 Å². The average Bonchev–Trinajstić information content (AvgIpc) is 3.41. The Morgan fingerprint density at radius 1 is 0.946 bits per heavy atom. The fourth-order valence-corrected chi connectivity index (χ4v) is 5.33. The van der Waals surface area contributed by atoms with Crippen LogP contribution in [-0.4, -0.2) is 51.9 Å². The fourth-order valence-electron chi connectivity index (χ4n) is 5.33. The summed E-state index contributed by atoms with van der Waals surface area (Å²) < 4.78 is 12.5. The molecule has 0 bridgehead atoms. The van der Waals surface area contributed by atoms with Crippen molar-refractivity contribution in [3.8, 4) is 0 Å². The van der Waals surface area contributed by atoms with Gasteiger partial charge in [-0.15, -0.1) is 0 Å². The number of hydrogen-bond acceptors (Lipinski definition) is 5. The molecule has 1 saturated carbocycles. The smallest absolute Gasteiger partial charge is 0.419 e. The molecule has 2 fully saturated rings. The zero-order valence-corrected chi connectivity index (χ0v) is 23.0. The summed E-state index contributed by atoms with van der Waals surface area (Å²) in [5, 5.41) is 3.61. The summed E-state index contributed by atoms with van der Waals surface area (Å²) >= 11 is 0. The summed E-state index contributed by atoms with van der Waals surface area (Å²) in [7, 11) is 0. The Kier molecular flexibility index (Phi) is 7.14. The van der Waals surface area contributed by atoms with Gasteiger partial charge in [-0.25, -0.2) is 9.59 Å². The van der Waals surface area contributed by atoms with Crippen LogP contribution in [0, 0.1) is 17.8 Å². The monoisotopic (exact) mass is 509 g/mol. The van der Waals surface area contributed by atoms with Crippen molar-refractivity contribution < 1.29 is 23.9 Å². The van der Waals surface area contributed by atoms with Gasteiger partial charge in [0.1, 0.15) is 11.2 Å². The molecule has 200 valence electrons. The van der Waals surface area contributed by atoms with E-state index in [1.54, 1.807) is 6.20 Å². The third-order valence-electron chi connectivity index (χ3n) is 6.73. The molecule has 4 rings (SSSR count). The predicted octanol–water partition coefficient (Wildman–Crippen LogP) is 6.29. The van der Waals surface area contributed by atoms with Crippen LogP contribution in [0.1, 0.15) is 66.9 Å².